The van der Waals surface area contributed by atoms with E-state index in [1.165, 1.54) is 6.07 Å². The van der Waals surface area contributed by atoms with E-state index >= 15 is 0 Å². The van der Waals surface area contributed by atoms with Crippen molar-refractivity contribution in [2.45, 2.75) is 6.54 Å². The number of nitrogens with one attached hydrogen (secondary N) is 1. The molecule has 2 aromatic carbocycles. The van der Waals surface area contributed by atoms with Crippen molar-refractivity contribution in [3.63, 3.8) is 0 Å². The van der Waals surface area contributed by atoms with Gasteiger partial charge in [0.25, 0.3) is 5.91 Å². The maximum atomic E-state index is 12.2. The topological polar surface area (TPSA) is 51.2 Å². The first-order valence-corrected chi connectivity index (χ1v) is 8.29. The fourth-order valence-corrected chi connectivity index (χ4v) is 2.63. The van der Waals surface area contributed by atoms with Crippen molar-refractivity contribution in [2.75, 3.05) is 0 Å². The van der Waals surface area contributed by atoms with Crippen molar-refractivity contribution < 1.29 is 9.53 Å². The molecule has 0 radical (unpaired) electrons. The molecule has 1 N–H and O–H groups in total. The van der Waals surface area contributed by atoms with Gasteiger partial charge in [0.2, 0.25) is 0 Å². The lowest BCUT2D eigenvalue weighted by Crippen LogP contribution is -2.23. The summed E-state index contributed by atoms with van der Waals surface area (Å²) >= 11 is 11.7. The Labute approximate surface area is 155 Å². The average molecular weight is 373 g/mol. The maximum Gasteiger partial charge on any atom is 0.254 e. The Morgan fingerprint density at radius 2 is 1.72 bits per heavy atom. The average Bonchev–Trinajstić information content (AvgIpc) is 2.61. The van der Waals surface area contributed by atoms with E-state index in [0.29, 0.717) is 12.3 Å². The number of benzene rings is 2. The van der Waals surface area contributed by atoms with Crippen molar-refractivity contribution in [3.8, 4) is 11.5 Å². The number of amides is 1. The molecule has 1 heterocycles. The fraction of sp³-hybridized carbons (Fsp3) is 0.0526. The predicted molar refractivity (Wildman–Crippen MR) is 98.4 cm³/mol. The Morgan fingerprint density at radius 3 is 2.48 bits per heavy atom. The number of aromatic nitrogens is 1. The van der Waals surface area contributed by atoms with Crippen LogP contribution in [0.3, 0.4) is 0 Å². The highest BCUT2D eigenvalue weighted by atomic mass is 35.5. The maximum absolute atomic E-state index is 12.2. The van der Waals surface area contributed by atoms with E-state index in [2.05, 4.69) is 10.3 Å². The summed E-state index contributed by atoms with van der Waals surface area (Å²) in [5.74, 6) is 1.13. The molecule has 126 valence electrons. The summed E-state index contributed by atoms with van der Waals surface area (Å²) in [4.78, 5) is 16.1. The van der Waals surface area contributed by atoms with Crippen LogP contribution >= 0.6 is 23.2 Å². The monoisotopic (exact) mass is 372 g/mol. The third-order valence-electron chi connectivity index (χ3n) is 3.39. The lowest BCUT2D eigenvalue weighted by molar-refractivity contribution is 0.0950. The smallest absolute Gasteiger partial charge is 0.254 e. The van der Waals surface area contributed by atoms with Crippen LogP contribution in [-0.2, 0) is 6.54 Å². The van der Waals surface area contributed by atoms with E-state index in [4.69, 9.17) is 27.9 Å². The van der Waals surface area contributed by atoms with Gasteiger partial charge in [-0.25, -0.2) is 4.98 Å². The highest BCUT2D eigenvalue weighted by Gasteiger charge is 2.11. The van der Waals surface area contributed by atoms with E-state index in [0.717, 1.165) is 11.3 Å². The van der Waals surface area contributed by atoms with Gasteiger partial charge < -0.3 is 10.1 Å². The van der Waals surface area contributed by atoms with Gasteiger partial charge in [-0.1, -0.05) is 53.5 Å². The first kappa shape index (κ1) is 17.3. The molecule has 0 aliphatic carbocycles. The number of pyridine rings is 1. The van der Waals surface area contributed by atoms with Crippen molar-refractivity contribution >= 4 is 29.1 Å². The predicted octanol–water partition coefficient (Wildman–Crippen LogP) is 5.11. The number of nitrogens with zero attached hydrogens (tertiary/aromatic N) is 1. The van der Waals surface area contributed by atoms with Crippen molar-refractivity contribution in [3.05, 3.63) is 88.2 Å². The number of carbonyl (C=O) groups is 1. The van der Waals surface area contributed by atoms with Gasteiger partial charge in [-0.3, -0.25) is 4.79 Å². The van der Waals surface area contributed by atoms with Crippen LogP contribution in [0, 0.1) is 0 Å². The second-order valence-electron chi connectivity index (χ2n) is 5.22. The van der Waals surface area contributed by atoms with Crippen molar-refractivity contribution in [1.29, 1.82) is 0 Å². The third-order valence-corrected chi connectivity index (χ3v) is 3.89. The number of rotatable bonds is 5. The number of carbonyl (C=O) groups excluding carboxylic acids is 1. The molecule has 0 saturated carbocycles. The van der Waals surface area contributed by atoms with Crippen molar-refractivity contribution in [1.82, 2.24) is 10.3 Å². The summed E-state index contributed by atoms with van der Waals surface area (Å²) in [6.45, 7) is 0.337. The number of hydrogen-bond donors (Lipinski definition) is 1. The molecule has 0 saturated heterocycles. The Balaban J connectivity index is 1.65. The largest absolute Gasteiger partial charge is 0.457 e. The van der Waals surface area contributed by atoms with E-state index in [-0.39, 0.29) is 21.8 Å². The van der Waals surface area contributed by atoms with Crippen LogP contribution in [0.4, 0.5) is 0 Å². The number of hydrogen-bond acceptors (Lipinski definition) is 3. The van der Waals surface area contributed by atoms with Crippen LogP contribution < -0.4 is 10.1 Å². The molecule has 1 amide bonds. The molecule has 0 spiro atoms. The van der Waals surface area contributed by atoms with Gasteiger partial charge in [-0.05, 0) is 42.0 Å². The first-order valence-electron chi connectivity index (χ1n) is 7.54. The van der Waals surface area contributed by atoms with Gasteiger partial charge in [0.05, 0.1) is 5.56 Å². The molecule has 3 aromatic rings. The molecule has 0 atom stereocenters. The lowest BCUT2D eigenvalue weighted by Gasteiger charge is -2.09. The van der Waals surface area contributed by atoms with Gasteiger partial charge in [0.15, 0.2) is 0 Å². The third kappa shape index (κ3) is 4.72. The number of halogens is 2. The SMILES string of the molecule is O=C(NCc1cccc(Oc2ccccc2)c1)c1ccc(Cl)nc1Cl. The van der Waals surface area contributed by atoms with Gasteiger partial charge in [-0.15, -0.1) is 0 Å². The standard InChI is InChI=1S/C19H14Cl2N2O2/c20-17-10-9-16(18(21)23-17)19(24)22-12-13-5-4-8-15(11-13)25-14-6-2-1-3-7-14/h1-11H,12H2,(H,22,24). The molecule has 4 nitrogen and oxygen atoms in total. The van der Waals surface area contributed by atoms with Crippen LogP contribution in [0.15, 0.2) is 66.7 Å². The summed E-state index contributed by atoms with van der Waals surface area (Å²) < 4.78 is 5.78. The van der Waals surface area contributed by atoms with Gasteiger partial charge in [0.1, 0.15) is 21.8 Å². The van der Waals surface area contributed by atoms with Gasteiger partial charge >= 0.3 is 0 Å². The Morgan fingerprint density at radius 1 is 0.960 bits per heavy atom. The highest BCUT2D eigenvalue weighted by molar-refractivity contribution is 6.34. The zero-order valence-corrected chi connectivity index (χ0v) is 14.6. The molecule has 0 bridgehead atoms. The Bertz CT molecular complexity index is 886. The molecule has 0 aliphatic rings. The van der Waals surface area contributed by atoms with Gasteiger partial charge in [0, 0.05) is 6.54 Å². The summed E-state index contributed by atoms with van der Waals surface area (Å²) in [6, 6.07) is 20.1. The van der Waals surface area contributed by atoms with E-state index < -0.39 is 0 Å². The molecular formula is C19H14Cl2N2O2. The van der Waals surface area contributed by atoms with Gasteiger partial charge in [-0.2, -0.15) is 0 Å². The second kappa shape index (κ2) is 8.01. The van der Waals surface area contributed by atoms with Crippen LogP contribution in [0.25, 0.3) is 0 Å². The summed E-state index contributed by atoms with van der Waals surface area (Å²) in [5.41, 5.74) is 1.18. The van der Waals surface area contributed by atoms with E-state index in [9.17, 15) is 4.79 Å². The second-order valence-corrected chi connectivity index (χ2v) is 5.96. The highest BCUT2D eigenvalue weighted by Crippen LogP contribution is 2.22. The molecule has 0 unspecified atom stereocenters. The molecule has 25 heavy (non-hydrogen) atoms. The summed E-state index contributed by atoms with van der Waals surface area (Å²) in [5, 5.41) is 3.12. The minimum absolute atomic E-state index is 0.0751. The minimum Gasteiger partial charge on any atom is -0.457 e. The Hall–Kier alpha value is -2.56. The molecule has 0 aliphatic heterocycles. The summed E-state index contributed by atoms with van der Waals surface area (Å²) in [7, 11) is 0. The number of para-hydroxylation sites is 1. The first-order chi connectivity index (χ1) is 12.1. The number of ether oxygens (including phenoxy) is 1. The van der Waals surface area contributed by atoms with Crippen molar-refractivity contribution in [2.24, 2.45) is 0 Å². The molecular weight excluding hydrogens is 359 g/mol. The Kier molecular flexibility index (Phi) is 5.53. The normalized spacial score (nSPS) is 10.3. The van der Waals surface area contributed by atoms with Crippen LogP contribution in [0.1, 0.15) is 15.9 Å². The van der Waals surface area contributed by atoms with E-state index in [1.54, 1.807) is 6.07 Å². The molecule has 0 fully saturated rings. The van der Waals surface area contributed by atoms with Crippen LogP contribution in [0.5, 0.6) is 11.5 Å². The van der Waals surface area contributed by atoms with Crippen LogP contribution in [0.2, 0.25) is 10.3 Å². The molecule has 1 aromatic heterocycles. The zero-order valence-electron chi connectivity index (χ0n) is 13.1. The zero-order chi connectivity index (χ0) is 17.6. The molecule has 6 heteroatoms. The summed E-state index contributed by atoms with van der Waals surface area (Å²) in [6.07, 6.45) is 0. The lowest BCUT2D eigenvalue weighted by atomic mass is 10.2. The minimum atomic E-state index is -0.316. The van der Waals surface area contributed by atoms with E-state index in [1.807, 2.05) is 54.6 Å². The fourth-order valence-electron chi connectivity index (χ4n) is 2.20. The quantitative estimate of drug-likeness (QED) is 0.633. The van der Waals surface area contributed by atoms with Crippen LogP contribution in [-0.4, -0.2) is 10.9 Å². The molecule has 3 rings (SSSR count).